The number of aromatic amines is 1. The number of rotatable bonds is 12. The zero-order valence-electron chi connectivity index (χ0n) is 42.8. The van der Waals surface area contributed by atoms with Gasteiger partial charge in [-0.25, -0.2) is 0 Å². The number of nitrogens with zero attached hydrogens (tertiary/aromatic N) is 1. The Hall–Kier alpha value is -0.950. The van der Waals surface area contributed by atoms with Crippen LogP contribution >= 0.6 is 0 Å². The Labute approximate surface area is 347 Å². The van der Waals surface area contributed by atoms with Gasteiger partial charge in [-0.1, -0.05) is 173 Å². The maximum Gasteiger partial charge on any atom is 0.0665 e. The van der Waals surface area contributed by atoms with E-state index in [1.165, 1.54) is 11.3 Å². The second kappa shape index (κ2) is 28.5. The lowest BCUT2D eigenvalue weighted by Crippen LogP contribution is -2.36. The molecule has 336 valence electrons. The molecule has 1 aromatic rings. The topological polar surface area (TPSA) is 110 Å². The number of nitrogens with one attached hydrogen (secondary N) is 1. The van der Waals surface area contributed by atoms with E-state index >= 15 is 0 Å². The zero-order chi connectivity index (χ0) is 45.8. The van der Waals surface area contributed by atoms with Crippen LogP contribution in [0.5, 0.6) is 0 Å². The molecule has 6 heteroatoms. The molecule has 0 amide bonds. The normalized spacial score (nSPS) is 12.8. The van der Waals surface area contributed by atoms with Gasteiger partial charge in [-0.15, -0.1) is 0 Å². The van der Waals surface area contributed by atoms with E-state index in [0.29, 0.717) is 59.2 Å². The van der Waals surface area contributed by atoms with Crippen LogP contribution in [0.3, 0.4) is 0 Å². The first-order valence-electron chi connectivity index (χ1n) is 22.2. The van der Waals surface area contributed by atoms with Crippen LogP contribution in [0.25, 0.3) is 0 Å². The molecule has 1 rings (SSSR count). The minimum absolute atomic E-state index is 0.345. The second-order valence-electron chi connectivity index (χ2n) is 21.0. The average molecular weight is 787 g/mol. The van der Waals surface area contributed by atoms with Crippen LogP contribution in [-0.4, -0.2) is 53.0 Å². The Kier molecular flexibility index (Phi) is 32.7. The highest BCUT2D eigenvalue weighted by Crippen LogP contribution is 2.27. The van der Waals surface area contributed by atoms with Crippen molar-refractivity contribution in [2.45, 2.75) is 235 Å². The van der Waals surface area contributed by atoms with E-state index in [9.17, 15) is 20.4 Å². The van der Waals surface area contributed by atoms with Gasteiger partial charge in [-0.2, -0.15) is 5.10 Å². The van der Waals surface area contributed by atoms with Crippen molar-refractivity contribution in [3.63, 3.8) is 0 Å². The summed E-state index contributed by atoms with van der Waals surface area (Å²) in [6, 6.07) is 0. The molecule has 0 saturated carbocycles. The van der Waals surface area contributed by atoms with Crippen LogP contribution in [0.15, 0.2) is 6.20 Å². The Morgan fingerprint density at radius 3 is 0.655 bits per heavy atom. The summed E-state index contributed by atoms with van der Waals surface area (Å²) in [5.74, 6) is 6.44. The van der Waals surface area contributed by atoms with E-state index in [2.05, 4.69) is 72.5 Å². The molecule has 0 aliphatic heterocycles. The van der Waals surface area contributed by atoms with E-state index in [0.717, 1.165) is 17.8 Å². The van der Waals surface area contributed by atoms with Gasteiger partial charge >= 0.3 is 0 Å². The van der Waals surface area contributed by atoms with Crippen molar-refractivity contribution in [1.82, 2.24) is 10.2 Å². The molecule has 1 aromatic heterocycles. The van der Waals surface area contributed by atoms with Crippen LogP contribution in [0, 0.1) is 65.1 Å². The van der Waals surface area contributed by atoms with Gasteiger partial charge in [-0.05, 0) is 110 Å². The summed E-state index contributed by atoms with van der Waals surface area (Å²) in [7, 11) is 0. The summed E-state index contributed by atoms with van der Waals surface area (Å²) in [5.41, 5.74) is 0.625. The predicted octanol–water partition coefficient (Wildman–Crippen LogP) is 13.8. The minimum atomic E-state index is -0.500. The smallest absolute Gasteiger partial charge is 0.0665 e. The fourth-order valence-electron chi connectivity index (χ4n) is 4.66. The Bertz CT molecular complexity index is 857. The van der Waals surface area contributed by atoms with Gasteiger partial charge in [0.05, 0.1) is 28.6 Å². The average Bonchev–Trinajstić information content (AvgIpc) is 3.53. The van der Waals surface area contributed by atoms with E-state index in [-0.39, 0.29) is 0 Å². The first-order chi connectivity index (χ1) is 24.2. The molecule has 0 fully saturated rings. The minimum Gasteiger partial charge on any atom is -0.390 e. The summed E-state index contributed by atoms with van der Waals surface area (Å²) < 4.78 is 0. The number of aliphatic hydroxyl groups is 4. The van der Waals surface area contributed by atoms with Gasteiger partial charge in [0.25, 0.3) is 0 Å². The highest BCUT2D eigenvalue weighted by molar-refractivity contribution is 5.22. The van der Waals surface area contributed by atoms with Gasteiger partial charge < -0.3 is 20.4 Å². The Morgan fingerprint density at radius 2 is 0.582 bits per heavy atom. The molecule has 0 saturated heterocycles. The van der Waals surface area contributed by atoms with Gasteiger partial charge in [0.1, 0.15) is 0 Å². The Morgan fingerprint density at radius 1 is 0.382 bits per heavy atom. The SMILES string of the molecule is CC(C)C(C)(O)C(C)C.CC(C)C(C)(O)C(C)C.CC(C)C(C)(O)C(C)C.CC(C)C(C)(O)C(C)C.CC(C)C(C)C(C)C.CC(C)c1cn[nH]c1C(C)C. The van der Waals surface area contributed by atoms with Crippen LogP contribution in [0.4, 0.5) is 0 Å². The maximum atomic E-state index is 9.67. The lowest BCUT2D eigenvalue weighted by molar-refractivity contribution is -0.0291. The van der Waals surface area contributed by atoms with Crippen molar-refractivity contribution in [3.05, 3.63) is 17.5 Å². The highest BCUT2D eigenvalue weighted by Gasteiger charge is 2.30. The number of aromatic nitrogens is 2. The molecule has 55 heavy (non-hydrogen) atoms. The van der Waals surface area contributed by atoms with Crippen molar-refractivity contribution in [2.75, 3.05) is 0 Å². The standard InChI is InChI=1S/C9H16N2.4C8H18O.C8H18/c1-6(2)8-5-10-11-9(8)7(3)4;4*1-6(2)8(5,9)7(3)4;1-6(2)8(5)7(3)4/h5-7H,1-4H3,(H,10,11);4*6-7,9H,1-5H3;6-8H,1-5H3. The lowest BCUT2D eigenvalue weighted by atomic mass is 9.82. The molecule has 0 radical (unpaired) electrons. The van der Waals surface area contributed by atoms with E-state index < -0.39 is 22.4 Å². The molecule has 0 unspecified atom stereocenters. The van der Waals surface area contributed by atoms with Gasteiger partial charge in [0.2, 0.25) is 0 Å². The fraction of sp³-hybridized carbons (Fsp3) is 0.939. The van der Waals surface area contributed by atoms with Crippen LogP contribution in [-0.2, 0) is 0 Å². The van der Waals surface area contributed by atoms with Gasteiger partial charge in [0.15, 0.2) is 0 Å². The number of H-pyrrole nitrogens is 1. The van der Waals surface area contributed by atoms with Crippen LogP contribution < -0.4 is 0 Å². The van der Waals surface area contributed by atoms with Crippen molar-refractivity contribution >= 4 is 0 Å². The van der Waals surface area contributed by atoms with E-state index in [4.69, 9.17) is 0 Å². The van der Waals surface area contributed by atoms with Crippen molar-refractivity contribution in [1.29, 1.82) is 0 Å². The first-order valence-corrected chi connectivity index (χ1v) is 22.2. The molecule has 5 N–H and O–H groups in total. The number of hydrogen-bond donors (Lipinski definition) is 5. The second-order valence-corrected chi connectivity index (χ2v) is 21.0. The molecule has 0 aliphatic carbocycles. The molecule has 0 spiro atoms. The summed E-state index contributed by atoms with van der Waals surface area (Å²) in [4.78, 5) is 0. The quantitative estimate of drug-likeness (QED) is 0.145. The predicted molar refractivity (Wildman–Crippen MR) is 247 cm³/mol. The Balaban J connectivity index is -0.000000182. The fourth-order valence-corrected chi connectivity index (χ4v) is 4.66. The zero-order valence-corrected chi connectivity index (χ0v) is 42.8. The molecule has 0 bridgehead atoms. The first kappa shape index (κ1) is 63.2. The van der Waals surface area contributed by atoms with Gasteiger partial charge in [0, 0.05) is 5.69 Å². The summed E-state index contributed by atoms with van der Waals surface area (Å²) in [6.45, 7) is 60.4. The van der Waals surface area contributed by atoms with E-state index in [1.54, 1.807) is 0 Å². The summed E-state index contributed by atoms with van der Waals surface area (Å²) >= 11 is 0. The van der Waals surface area contributed by atoms with Crippen LogP contribution in [0.2, 0.25) is 0 Å². The van der Waals surface area contributed by atoms with E-state index in [1.807, 2.05) is 145 Å². The molecule has 0 aliphatic rings. The largest absolute Gasteiger partial charge is 0.390 e. The molecule has 0 atom stereocenters. The van der Waals surface area contributed by atoms with Crippen molar-refractivity contribution < 1.29 is 20.4 Å². The monoisotopic (exact) mass is 787 g/mol. The van der Waals surface area contributed by atoms with Crippen LogP contribution in [0.1, 0.15) is 224 Å². The third-order valence-electron chi connectivity index (χ3n) is 13.4. The number of hydrogen-bond acceptors (Lipinski definition) is 5. The van der Waals surface area contributed by atoms with Gasteiger partial charge in [-0.3, -0.25) is 5.10 Å². The third-order valence-corrected chi connectivity index (χ3v) is 13.4. The molecular formula is C49H106N2O4. The molecular weight excluding hydrogens is 681 g/mol. The third kappa shape index (κ3) is 25.9. The summed E-state index contributed by atoms with van der Waals surface area (Å²) in [6.07, 6.45) is 1.93. The molecule has 0 aromatic carbocycles. The van der Waals surface area contributed by atoms with Crippen molar-refractivity contribution in [2.24, 2.45) is 65.1 Å². The maximum absolute atomic E-state index is 9.67. The summed E-state index contributed by atoms with van der Waals surface area (Å²) in [5, 5.41) is 45.8. The molecule has 1 heterocycles. The lowest BCUT2D eigenvalue weighted by Gasteiger charge is -2.31. The highest BCUT2D eigenvalue weighted by atomic mass is 16.3. The molecule has 6 nitrogen and oxygen atoms in total. The van der Waals surface area contributed by atoms with Crippen molar-refractivity contribution in [3.8, 4) is 0 Å².